The number of aromatic nitrogens is 1. The molecule has 7 heteroatoms. The van der Waals surface area contributed by atoms with Gasteiger partial charge in [0.15, 0.2) is 6.23 Å². The summed E-state index contributed by atoms with van der Waals surface area (Å²) in [4.78, 5) is 0. The number of benzene rings is 1. The highest BCUT2D eigenvalue weighted by atomic mass is 35.5. The fourth-order valence-electron chi connectivity index (χ4n) is 2.68. The van der Waals surface area contributed by atoms with E-state index in [0.717, 1.165) is 10.9 Å². The van der Waals surface area contributed by atoms with Gasteiger partial charge in [0.1, 0.15) is 24.4 Å². The molecule has 1 aliphatic rings. The average Bonchev–Trinajstić information content (AvgIpc) is 2.91. The first-order chi connectivity index (χ1) is 10.0. The van der Waals surface area contributed by atoms with Crippen LogP contribution in [0.15, 0.2) is 30.5 Å². The molecule has 3 rings (SSSR count). The molecule has 0 amide bonds. The Labute approximate surface area is 125 Å². The molecular formula is C14H16ClNO5. The Hall–Kier alpha value is -1.15. The summed E-state index contributed by atoms with van der Waals surface area (Å²) in [6, 6.07) is 7.11. The van der Waals surface area contributed by atoms with Crippen molar-refractivity contribution in [3.8, 4) is 0 Å². The molecule has 0 bridgehead atoms. The highest BCUT2D eigenvalue weighted by Gasteiger charge is 2.44. The highest BCUT2D eigenvalue weighted by Crippen LogP contribution is 2.33. The van der Waals surface area contributed by atoms with E-state index in [-0.39, 0.29) is 0 Å². The molecule has 2 heterocycles. The first kappa shape index (κ1) is 14.8. The molecule has 0 radical (unpaired) electrons. The number of halogens is 1. The summed E-state index contributed by atoms with van der Waals surface area (Å²) in [5, 5.41) is 40.4. The second-order valence-electron chi connectivity index (χ2n) is 5.12. The SMILES string of the molecule is OC[C@H]1O[C@@H](n2ccc3c(Cl)cccc32)[C@H](O)[C@@H](O)[C@@H]1O. The van der Waals surface area contributed by atoms with Gasteiger partial charge in [-0.15, -0.1) is 0 Å². The van der Waals surface area contributed by atoms with Crippen LogP contribution in [0.3, 0.4) is 0 Å². The molecule has 1 saturated heterocycles. The Balaban J connectivity index is 2.03. The molecule has 5 atom stereocenters. The summed E-state index contributed by atoms with van der Waals surface area (Å²) in [6.07, 6.45) is -4.27. The van der Waals surface area contributed by atoms with Gasteiger partial charge in [0.05, 0.1) is 12.1 Å². The highest BCUT2D eigenvalue weighted by molar-refractivity contribution is 6.35. The van der Waals surface area contributed by atoms with E-state index in [9.17, 15) is 20.4 Å². The van der Waals surface area contributed by atoms with Crippen LogP contribution in [0.25, 0.3) is 10.9 Å². The molecule has 1 aliphatic heterocycles. The lowest BCUT2D eigenvalue weighted by Gasteiger charge is -2.40. The third-order valence-corrected chi connectivity index (χ3v) is 4.18. The fourth-order valence-corrected chi connectivity index (χ4v) is 2.92. The lowest BCUT2D eigenvalue weighted by molar-refractivity contribution is -0.250. The van der Waals surface area contributed by atoms with Crippen LogP contribution in [-0.2, 0) is 4.74 Å². The van der Waals surface area contributed by atoms with Crippen molar-refractivity contribution >= 4 is 22.5 Å². The molecule has 1 aromatic heterocycles. The van der Waals surface area contributed by atoms with Gasteiger partial charge in [-0.2, -0.15) is 0 Å². The Kier molecular flexibility index (Phi) is 3.92. The smallest absolute Gasteiger partial charge is 0.163 e. The molecule has 6 nitrogen and oxygen atoms in total. The average molecular weight is 314 g/mol. The van der Waals surface area contributed by atoms with Gasteiger partial charge in [-0.3, -0.25) is 0 Å². The van der Waals surface area contributed by atoms with E-state index in [1.165, 1.54) is 0 Å². The second-order valence-corrected chi connectivity index (χ2v) is 5.52. The second kappa shape index (κ2) is 5.57. The van der Waals surface area contributed by atoms with E-state index in [1.54, 1.807) is 29.0 Å². The van der Waals surface area contributed by atoms with E-state index in [4.69, 9.17) is 16.3 Å². The summed E-state index contributed by atoms with van der Waals surface area (Å²) in [5.41, 5.74) is 0.729. The van der Waals surface area contributed by atoms with Crippen LogP contribution in [0.5, 0.6) is 0 Å². The van der Waals surface area contributed by atoms with E-state index in [2.05, 4.69) is 0 Å². The molecule has 1 aromatic carbocycles. The first-order valence-electron chi connectivity index (χ1n) is 6.60. The third kappa shape index (κ3) is 2.34. The number of rotatable bonds is 2. The molecule has 1 fully saturated rings. The van der Waals surface area contributed by atoms with Crippen LogP contribution in [0.2, 0.25) is 5.02 Å². The molecule has 4 N–H and O–H groups in total. The van der Waals surface area contributed by atoms with Crippen LogP contribution < -0.4 is 0 Å². The number of hydrogen-bond acceptors (Lipinski definition) is 5. The number of fused-ring (bicyclic) bond motifs is 1. The Morgan fingerprint density at radius 1 is 1.10 bits per heavy atom. The Morgan fingerprint density at radius 2 is 1.86 bits per heavy atom. The van der Waals surface area contributed by atoms with Crippen LogP contribution in [-0.4, -0.2) is 56.0 Å². The fraction of sp³-hybridized carbons (Fsp3) is 0.429. The van der Waals surface area contributed by atoms with Gasteiger partial charge in [-0.05, 0) is 18.2 Å². The molecule has 2 aromatic rings. The summed E-state index contributed by atoms with van der Waals surface area (Å²) in [6.45, 7) is -0.457. The van der Waals surface area contributed by atoms with Gasteiger partial charge >= 0.3 is 0 Å². The molecular weight excluding hydrogens is 298 g/mol. The summed E-state index contributed by atoms with van der Waals surface area (Å²) >= 11 is 6.11. The lowest BCUT2D eigenvalue weighted by atomic mass is 9.98. The van der Waals surface area contributed by atoms with Crippen molar-refractivity contribution in [1.29, 1.82) is 0 Å². The van der Waals surface area contributed by atoms with Crippen molar-refractivity contribution in [2.24, 2.45) is 0 Å². The molecule has 0 aliphatic carbocycles. The maximum atomic E-state index is 10.2. The van der Waals surface area contributed by atoms with E-state index in [1.807, 2.05) is 6.07 Å². The van der Waals surface area contributed by atoms with Crippen LogP contribution >= 0.6 is 11.6 Å². The zero-order valence-corrected chi connectivity index (χ0v) is 11.8. The van der Waals surface area contributed by atoms with Crippen LogP contribution in [0.1, 0.15) is 6.23 Å². The van der Waals surface area contributed by atoms with Gasteiger partial charge in [-0.25, -0.2) is 0 Å². The minimum atomic E-state index is -1.41. The van der Waals surface area contributed by atoms with Gasteiger partial charge in [0, 0.05) is 16.6 Å². The van der Waals surface area contributed by atoms with Crippen molar-refractivity contribution in [2.45, 2.75) is 30.6 Å². The Morgan fingerprint density at radius 3 is 2.57 bits per heavy atom. The molecule has 0 saturated carbocycles. The Bertz CT molecular complexity index is 643. The van der Waals surface area contributed by atoms with Crippen molar-refractivity contribution in [1.82, 2.24) is 4.57 Å². The monoisotopic (exact) mass is 313 g/mol. The minimum Gasteiger partial charge on any atom is -0.394 e. The molecule has 114 valence electrons. The number of aliphatic hydroxyl groups is 4. The normalized spacial score (nSPS) is 33.5. The molecule has 0 unspecified atom stereocenters. The topological polar surface area (TPSA) is 95.1 Å². The largest absolute Gasteiger partial charge is 0.394 e. The standard InChI is InChI=1S/C14H16ClNO5/c15-8-2-1-3-9-7(8)4-5-16(9)14-13(20)12(19)11(18)10(6-17)21-14/h1-5,10-14,17-20H,6H2/t10-,11-,12+,13-,14-/m1/s1. The quantitative estimate of drug-likeness (QED) is 0.638. The zero-order chi connectivity index (χ0) is 15.1. The number of nitrogens with zero attached hydrogens (tertiary/aromatic N) is 1. The molecule has 0 spiro atoms. The minimum absolute atomic E-state index is 0.457. The van der Waals surface area contributed by atoms with Crippen LogP contribution in [0.4, 0.5) is 0 Å². The number of aliphatic hydroxyl groups excluding tert-OH is 4. The predicted molar refractivity (Wildman–Crippen MR) is 76.0 cm³/mol. The van der Waals surface area contributed by atoms with Crippen LogP contribution in [0, 0.1) is 0 Å². The van der Waals surface area contributed by atoms with Gasteiger partial charge in [0.2, 0.25) is 0 Å². The van der Waals surface area contributed by atoms with E-state index in [0.29, 0.717) is 5.02 Å². The lowest BCUT2D eigenvalue weighted by Crippen LogP contribution is -2.56. The maximum Gasteiger partial charge on any atom is 0.163 e. The van der Waals surface area contributed by atoms with Gasteiger partial charge in [0.25, 0.3) is 0 Å². The van der Waals surface area contributed by atoms with Crippen molar-refractivity contribution in [2.75, 3.05) is 6.61 Å². The van der Waals surface area contributed by atoms with Crippen molar-refractivity contribution in [3.05, 3.63) is 35.5 Å². The number of hydrogen-bond donors (Lipinski definition) is 4. The zero-order valence-electron chi connectivity index (χ0n) is 11.0. The van der Waals surface area contributed by atoms with Gasteiger partial charge in [-0.1, -0.05) is 17.7 Å². The summed E-state index contributed by atoms with van der Waals surface area (Å²) < 4.78 is 7.16. The van der Waals surface area contributed by atoms with E-state index < -0.39 is 37.3 Å². The summed E-state index contributed by atoms with van der Waals surface area (Å²) in [5.74, 6) is 0. The third-order valence-electron chi connectivity index (χ3n) is 3.85. The number of ether oxygens (including phenoxy) is 1. The maximum absolute atomic E-state index is 10.2. The van der Waals surface area contributed by atoms with Crippen molar-refractivity contribution in [3.63, 3.8) is 0 Å². The molecule has 21 heavy (non-hydrogen) atoms. The van der Waals surface area contributed by atoms with E-state index >= 15 is 0 Å². The van der Waals surface area contributed by atoms with Crippen molar-refractivity contribution < 1.29 is 25.2 Å². The first-order valence-corrected chi connectivity index (χ1v) is 6.98. The summed E-state index contributed by atoms with van der Waals surface area (Å²) in [7, 11) is 0. The predicted octanol–water partition coefficient (Wildman–Crippen LogP) is 0.267. The van der Waals surface area contributed by atoms with Gasteiger partial charge < -0.3 is 29.7 Å².